The lowest BCUT2D eigenvalue weighted by Crippen LogP contribution is -2.35. The largest absolute Gasteiger partial charge is 0.353 e. The molecule has 0 radical (unpaired) electrons. The molecule has 0 saturated heterocycles. The lowest BCUT2D eigenvalue weighted by atomic mass is 10.1. The standard InChI is InChI=1S/C21H23BrN4OS/c1-26(2)19(16-6-4-3-5-7-16)13-23-20(27)14-28-21-24-12-18(25-21)15-8-10-17(22)11-9-15/h3-12,19H,13-14H2,1-2H3,(H,23,27)(H,24,25). The van der Waals surface area contributed by atoms with Crippen molar-refractivity contribution in [1.29, 1.82) is 0 Å². The summed E-state index contributed by atoms with van der Waals surface area (Å²) in [5.41, 5.74) is 3.18. The quantitative estimate of drug-likeness (QED) is 0.492. The number of amides is 1. The number of nitrogens with zero attached hydrogens (tertiary/aromatic N) is 2. The first-order valence-electron chi connectivity index (χ1n) is 8.95. The van der Waals surface area contributed by atoms with Crippen molar-refractivity contribution < 1.29 is 4.79 Å². The van der Waals surface area contributed by atoms with Gasteiger partial charge in [-0.1, -0.05) is 70.2 Å². The van der Waals surface area contributed by atoms with Crippen molar-refractivity contribution in [3.63, 3.8) is 0 Å². The smallest absolute Gasteiger partial charge is 0.230 e. The zero-order valence-electron chi connectivity index (χ0n) is 15.9. The number of thioether (sulfide) groups is 1. The van der Waals surface area contributed by atoms with Crippen molar-refractivity contribution >= 4 is 33.6 Å². The van der Waals surface area contributed by atoms with Gasteiger partial charge in [-0.05, 0) is 37.4 Å². The monoisotopic (exact) mass is 458 g/mol. The first kappa shape index (κ1) is 20.6. The highest BCUT2D eigenvalue weighted by molar-refractivity contribution is 9.10. The number of hydrogen-bond donors (Lipinski definition) is 2. The molecule has 7 heteroatoms. The van der Waals surface area contributed by atoms with E-state index in [2.05, 4.69) is 48.2 Å². The van der Waals surface area contributed by atoms with Crippen molar-refractivity contribution in [3.05, 3.63) is 70.8 Å². The predicted octanol–water partition coefficient (Wildman–Crippen LogP) is 4.35. The molecule has 0 spiro atoms. The molecule has 0 aliphatic heterocycles. The van der Waals surface area contributed by atoms with E-state index in [1.807, 2.05) is 56.6 Å². The Labute approximate surface area is 178 Å². The fourth-order valence-corrected chi connectivity index (χ4v) is 3.77. The normalized spacial score (nSPS) is 12.1. The maximum absolute atomic E-state index is 12.3. The average Bonchev–Trinajstić information content (AvgIpc) is 3.17. The van der Waals surface area contributed by atoms with Gasteiger partial charge in [-0.25, -0.2) is 4.98 Å². The van der Waals surface area contributed by atoms with Crippen molar-refractivity contribution in [2.75, 3.05) is 26.4 Å². The number of aromatic nitrogens is 2. The Kier molecular flexibility index (Phi) is 7.30. The zero-order chi connectivity index (χ0) is 19.9. The molecule has 2 aromatic carbocycles. The van der Waals surface area contributed by atoms with E-state index in [9.17, 15) is 4.79 Å². The maximum Gasteiger partial charge on any atom is 0.230 e. The Balaban J connectivity index is 1.51. The van der Waals surface area contributed by atoms with E-state index in [4.69, 9.17) is 0 Å². The molecule has 0 aliphatic rings. The van der Waals surface area contributed by atoms with Gasteiger partial charge in [0.25, 0.3) is 0 Å². The molecule has 146 valence electrons. The first-order chi connectivity index (χ1) is 13.5. The second-order valence-corrected chi connectivity index (χ2v) is 8.47. The molecule has 1 atom stereocenters. The highest BCUT2D eigenvalue weighted by Gasteiger charge is 2.15. The molecule has 0 aliphatic carbocycles. The van der Waals surface area contributed by atoms with Crippen molar-refractivity contribution in [3.8, 4) is 11.3 Å². The van der Waals surface area contributed by atoms with Crippen LogP contribution in [0.3, 0.4) is 0 Å². The summed E-state index contributed by atoms with van der Waals surface area (Å²) in [5.74, 6) is 0.316. The number of hydrogen-bond acceptors (Lipinski definition) is 4. The highest BCUT2D eigenvalue weighted by atomic mass is 79.9. The van der Waals surface area contributed by atoms with E-state index >= 15 is 0 Å². The minimum absolute atomic E-state index is 0.00521. The van der Waals surface area contributed by atoms with Crippen LogP contribution < -0.4 is 5.32 Å². The Hall–Kier alpha value is -2.09. The van der Waals surface area contributed by atoms with Crippen LogP contribution in [0.4, 0.5) is 0 Å². The number of H-pyrrole nitrogens is 1. The van der Waals surface area contributed by atoms with Crippen LogP contribution in [-0.2, 0) is 4.79 Å². The van der Waals surface area contributed by atoms with Crippen LogP contribution in [-0.4, -0.2) is 47.2 Å². The lowest BCUT2D eigenvalue weighted by molar-refractivity contribution is -0.118. The molecule has 3 aromatic rings. The number of carbonyl (C=O) groups excluding carboxylic acids is 1. The first-order valence-corrected chi connectivity index (χ1v) is 10.7. The fraction of sp³-hybridized carbons (Fsp3) is 0.238. The summed E-state index contributed by atoms with van der Waals surface area (Å²) < 4.78 is 1.04. The molecule has 0 bridgehead atoms. The second kappa shape index (κ2) is 9.91. The zero-order valence-corrected chi connectivity index (χ0v) is 18.3. The number of rotatable bonds is 8. The molecule has 1 unspecified atom stereocenters. The van der Waals surface area contributed by atoms with E-state index in [0.717, 1.165) is 20.9 Å². The van der Waals surface area contributed by atoms with Gasteiger partial charge >= 0.3 is 0 Å². The van der Waals surface area contributed by atoms with Crippen LogP contribution >= 0.6 is 27.7 Å². The Bertz CT molecular complexity index is 896. The SMILES string of the molecule is CN(C)C(CNC(=O)CSc1ncc(-c2ccc(Br)cc2)[nH]1)c1ccccc1. The van der Waals surface area contributed by atoms with Gasteiger partial charge in [0.15, 0.2) is 5.16 Å². The lowest BCUT2D eigenvalue weighted by Gasteiger charge is -2.25. The van der Waals surface area contributed by atoms with Gasteiger partial charge in [-0.3, -0.25) is 4.79 Å². The number of nitrogens with one attached hydrogen (secondary N) is 2. The third-order valence-corrected chi connectivity index (χ3v) is 5.76. The Morgan fingerprint density at radius 1 is 1.18 bits per heavy atom. The number of benzene rings is 2. The number of imidazole rings is 1. The number of aromatic amines is 1. The summed E-state index contributed by atoms with van der Waals surface area (Å²) in [6.07, 6.45) is 1.79. The van der Waals surface area contributed by atoms with Gasteiger partial charge in [0.1, 0.15) is 0 Å². The average molecular weight is 459 g/mol. The van der Waals surface area contributed by atoms with Crippen molar-refractivity contribution in [1.82, 2.24) is 20.2 Å². The van der Waals surface area contributed by atoms with Crippen LogP contribution in [0, 0.1) is 0 Å². The van der Waals surface area contributed by atoms with E-state index in [1.165, 1.54) is 17.3 Å². The van der Waals surface area contributed by atoms with Gasteiger partial charge in [0.2, 0.25) is 5.91 Å². The molecular weight excluding hydrogens is 436 g/mol. The third kappa shape index (κ3) is 5.70. The molecule has 2 N–H and O–H groups in total. The number of carbonyl (C=O) groups is 1. The van der Waals surface area contributed by atoms with E-state index in [-0.39, 0.29) is 11.9 Å². The summed E-state index contributed by atoms with van der Waals surface area (Å²) in [6.45, 7) is 0.568. The molecule has 1 heterocycles. The molecule has 3 rings (SSSR count). The molecule has 5 nitrogen and oxygen atoms in total. The Morgan fingerprint density at radius 3 is 2.57 bits per heavy atom. The van der Waals surface area contributed by atoms with Gasteiger partial charge in [-0.2, -0.15) is 0 Å². The summed E-state index contributed by atoms with van der Waals surface area (Å²) in [5, 5.41) is 3.77. The van der Waals surface area contributed by atoms with Crippen LogP contribution in [0.2, 0.25) is 0 Å². The number of halogens is 1. The molecule has 1 aromatic heterocycles. The van der Waals surface area contributed by atoms with E-state index < -0.39 is 0 Å². The van der Waals surface area contributed by atoms with Gasteiger partial charge < -0.3 is 15.2 Å². The summed E-state index contributed by atoms with van der Waals surface area (Å²) >= 11 is 4.84. The highest BCUT2D eigenvalue weighted by Crippen LogP contribution is 2.23. The van der Waals surface area contributed by atoms with Crippen LogP contribution in [0.5, 0.6) is 0 Å². The molecular formula is C21H23BrN4OS. The molecule has 28 heavy (non-hydrogen) atoms. The van der Waals surface area contributed by atoms with Crippen LogP contribution in [0.1, 0.15) is 11.6 Å². The van der Waals surface area contributed by atoms with Crippen LogP contribution in [0.25, 0.3) is 11.3 Å². The Morgan fingerprint density at radius 2 is 1.89 bits per heavy atom. The summed E-state index contributed by atoms with van der Waals surface area (Å²) in [7, 11) is 4.04. The van der Waals surface area contributed by atoms with E-state index in [0.29, 0.717) is 12.3 Å². The maximum atomic E-state index is 12.3. The third-order valence-electron chi connectivity index (χ3n) is 4.35. The summed E-state index contributed by atoms with van der Waals surface area (Å²) in [4.78, 5) is 22.0. The van der Waals surface area contributed by atoms with Gasteiger partial charge in [0, 0.05) is 11.0 Å². The van der Waals surface area contributed by atoms with E-state index in [1.54, 1.807) is 6.20 Å². The fourth-order valence-electron chi connectivity index (χ4n) is 2.82. The van der Waals surface area contributed by atoms with Gasteiger partial charge in [-0.15, -0.1) is 0 Å². The minimum Gasteiger partial charge on any atom is -0.353 e. The second-order valence-electron chi connectivity index (χ2n) is 6.59. The van der Waals surface area contributed by atoms with Crippen LogP contribution in [0.15, 0.2) is 70.4 Å². The molecule has 0 saturated carbocycles. The molecule has 0 fully saturated rings. The number of likely N-dealkylation sites (N-methyl/N-ethyl adjacent to an activating group) is 1. The minimum atomic E-state index is -0.00521. The predicted molar refractivity (Wildman–Crippen MR) is 118 cm³/mol. The topological polar surface area (TPSA) is 61.0 Å². The van der Waals surface area contributed by atoms with Crippen molar-refractivity contribution in [2.45, 2.75) is 11.2 Å². The molecule has 1 amide bonds. The van der Waals surface area contributed by atoms with Gasteiger partial charge in [0.05, 0.1) is 23.7 Å². The summed E-state index contributed by atoms with van der Waals surface area (Å²) in [6, 6.07) is 18.4. The van der Waals surface area contributed by atoms with Crippen molar-refractivity contribution in [2.24, 2.45) is 0 Å².